The lowest BCUT2D eigenvalue weighted by Crippen LogP contribution is -2.43. The zero-order valence-electron chi connectivity index (χ0n) is 21.8. The van der Waals surface area contributed by atoms with Crippen molar-refractivity contribution in [3.8, 4) is 22.3 Å². The molecule has 2 aliphatic rings. The molecule has 0 aliphatic heterocycles. The topological polar surface area (TPSA) is 9.86 Å². The Hall–Kier alpha value is -3.82. The summed E-state index contributed by atoms with van der Waals surface area (Å²) in [5.74, 6) is 0. The Morgan fingerprint density at radius 1 is 0.514 bits per heavy atom. The minimum Gasteiger partial charge on any atom is -0.347 e. The molecule has 3 heteroatoms. The van der Waals surface area contributed by atoms with E-state index in [1.54, 1.807) is 0 Å². The first-order valence-corrected chi connectivity index (χ1v) is 16.5. The molecule has 2 heterocycles. The molecule has 2 nitrogen and oxygen atoms in total. The average Bonchev–Trinajstić information content (AvgIpc) is 3.62. The van der Waals surface area contributed by atoms with E-state index in [4.69, 9.17) is 0 Å². The average molecular weight is 495 g/mol. The van der Waals surface area contributed by atoms with Gasteiger partial charge in [0.05, 0.1) is 8.07 Å². The van der Waals surface area contributed by atoms with Crippen molar-refractivity contribution < 1.29 is 0 Å². The predicted octanol–water partition coefficient (Wildman–Crippen LogP) is 8.38. The molecule has 6 aromatic rings. The number of hydrogen-bond acceptors (Lipinski definition) is 0. The van der Waals surface area contributed by atoms with Crippen LogP contribution >= 0.6 is 0 Å². The molecule has 0 bridgehead atoms. The molecule has 8 rings (SSSR count). The Labute approximate surface area is 218 Å². The summed E-state index contributed by atoms with van der Waals surface area (Å²) in [6, 6.07) is 36.4. The molecule has 0 amide bonds. The highest BCUT2D eigenvalue weighted by atomic mass is 28.3. The van der Waals surface area contributed by atoms with Gasteiger partial charge in [-0.1, -0.05) is 98.0 Å². The molecule has 0 N–H and O–H groups in total. The third-order valence-electron chi connectivity index (χ3n) is 9.42. The van der Waals surface area contributed by atoms with Crippen LogP contribution in [0.2, 0.25) is 13.1 Å². The molecule has 2 atom stereocenters. The number of hydrogen-bond donors (Lipinski definition) is 0. The number of nitrogens with zero attached hydrogens (tertiary/aromatic N) is 2. The fourth-order valence-corrected chi connectivity index (χ4v) is 12.5. The lowest BCUT2D eigenvalue weighted by atomic mass is 10.0. The van der Waals surface area contributed by atoms with E-state index in [1.807, 2.05) is 0 Å². The van der Waals surface area contributed by atoms with E-state index in [0.717, 1.165) is 0 Å². The summed E-state index contributed by atoms with van der Waals surface area (Å²) in [6.07, 6.45) is 0. The quantitative estimate of drug-likeness (QED) is 0.214. The monoisotopic (exact) mass is 494 g/mol. The predicted molar refractivity (Wildman–Crippen MR) is 158 cm³/mol. The normalized spacial score (nSPS) is 17.7. The van der Waals surface area contributed by atoms with Crippen LogP contribution in [0, 0.1) is 0 Å². The van der Waals surface area contributed by atoms with E-state index in [1.165, 1.54) is 66.6 Å². The third kappa shape index (κ3) is 2.50. The van der Waals surface area contributed by atoms with Crippen LogP contribution in [-0.4, -0.2) is 17.2 Å². The zero-order chi connectivity index (χ0) is 25.1. The van der Waals surface area contributed by atoms with Crippen molar-refractivity contribution in [2.75, 3.05) is 0 Å². The van der Waals surface area contributed by atoms with Crippen LogP contribution in [0.15, 0.2) is 97.1 Å². The number of rotatable bonds is 2. The Balaban J connectivity index is 1.45. The first-order valence-electron chi connectivity index (χ1n) is 13.3. The standard InChI is InChI=1S/C34H30N2Si/c1-35-27-19-11-9-17-25(27)29-21-13-5-7-15-23(21)33(31(29)35)37(3,4)34-24-16-8-6-14-22(24)30-26-18-10-12-20-28(26)36(2)32(30)34/h5-20,33-34H,1-4H3. The van der Waals surface area contributed by atoms with Crippen molar-refractivity contribution in [2.24, 2.45) is 14.1 Å². The highest BCUT2D eigenvalue weighted by Gasteiger charge is 2.52. The summed E-state index contributed by atoms with van der Waals surface area (Å²) in [5, 5.41) is 2.77. The summed E-state index contributed by atoms with van der Waals surface area (Å²) in [5.41, 5.74) is 15.4. The van der Waals surface area contributed by atoms with E-state index < -0.39 is 8.07 Å². The fourth-order valence-electron chi connectivity index (χ4n) is 7.99. The maximum absolute atomic E-state index is 2.65. The van der Waals surface area contributed by atoms with Gasteiger partial charge in [-0.15, -0.1) is 0 Å². The van der Waals surface area contributed by atoms with Gasteiger partial charge in [-0.3, -0.25) is 0 Å². The van der Waals surface area contributed by atoms with E-state index in [9.17, 15) is 0 Å². The summed E-state index contributed by atoms with van der Waals surface area (Å²) in [7, 11) is 2.50. The molecule has 2 aliphatic carbocycles. The van der Waals surface area contributed by atoms with Crippen LogP contribution in [0.25, 0.3) is 44.1 Å². The second-order valence-electron chi connectivity index (χ2n) is 11.5. The molecule has 2 aromatic heterocycles. The molecule has 4 aromatic carbocycles. The Bertz CT molecular complexity index is 1760. The van der Waals surface area contributed by atoms with Crippen LogP contribution in [0.5, 0.6) is 0 Å². The molecule has 2 unspecified atom stereocenters. The van der Waals surface area contributed by atoms with Gasteiger partial charge in [-0.25, -0.2) is 0 Å². The lowest BCUT2D eigenvalue weighted by Gasteiger charge is -2.38. The maximum atomic E-state index is 2.65. The van der Waals surface area contributed by atoms with Crippen LogP contribution in [0.4, 0.5) is 0 Å². The van der Waals surface area contributed by atoms with Gasteiger partial charge in [0.1, 0.15) is 0 Å². The Kier molecular flexibility index (Phi) is 4.11. The van der Waals surface area contributed by atoms with Crippen molar-refractivity contribution in [2.45, 2.75) is 24.2 Å². The highest BCUT2D eigenvalue weighted by Crippen LogP contribution is 2.60. The number of aryl methyl sites for hydroxylation is 2. The largest absolute Gasteiger partial charge is 0.347 e. The number of aromatic nitrogens is 2. The van der Waals surface area contributed by atoms with Gasteiger partial charge in [0.2, 0.25) is 0 Å². The Morgan fingerprint density at radius 2 is 0.892 bits per heavy atom. The van der Waals surface area contributed by atoms with Crippen LogP contribution < -0.4 is 0 Å². The van der Waals surface area contributed by atoms with Gasteiger partial charge in [0.25, 0.3) is 0 Å². The van der Waals surface area contributed by atoms with Crippen molar-refractivity contribution in [3.05, 3.63) is 120 Å². The number of para-hydroxylation sites is 2. The molecular formula is C34H30N2Si. The van der Waals surface area contributed by atoms with Gasteiger partial charge in [-0.05, 0) is 34.4 Å². The van der Waals surface area contributed by atoms with Gasteiger partial charge in [-0.2, -0.15) is 0 Å². The highest BCUT2D eigenvalue weighted by molar-refractivity contribution is 6.82. The minimum atomic E-state index is -2.07. The number of fused-ring (bicyclic) bond motifs is 10. The first kappa shape index (κ1) is 21.3. The molecular weight excluding hydrogens is 464 g/mol. The van der Waals surface area contributed by atoms with Crippen LogP contribution in [-0.2, 0) is 14.1 Å². The molecule has 0 radical (unpaired) electrons. The molecule has 0 saturated heterocycles. The van der Waals surface area contributed by atoms with E-state index in [-0.39, 0.29) is 0 Å². The summed E-state index contributed by atoms with van der Waals surface area (Å²) >= 11 is 0. The summed E-state index contributed by atoms with van der Waals surface area (Å²) in [4.78, 5) is 0. The number of benzene rings is 4. The van der Waals surface area contributed by atoms with Gasteiger partial charge in [0.15, 0.2) is 0 Å². The van der Waals surface area contributed by atoms with E-state index >= 15 is 0 Å². The van der Waals surface area contributed by atoms with Crippen molar-refractivity contribution in [1.29, 1.82) is 0 Å². The van der Waals surface area contributed by atoms with Gasteiger partial charge in [0, 0.05) is 69.5 Å². The van der Waals surface area contributed by atoms with Crippen molar-refractivity contribution in [3.63, 3.8) is 0 Å². The van der Waals surface area contributed by atoms with Crippen molar-refractivity contribution >= 4 is 29.9 Å². The smallest absolute Gasteiger partial charge is 0.0769 e. The molecule has 180 valence electrons. The SMILES string of the molecule is Cn1c2c(c3ccccc31)-c1ccccc1C2[Si](C)(C)C1c2ccccc2-c2c1n(C)c1ccccc21. The van der Waals surface area contributed by atoms with Gasteiger partial charge >= 0.3 is 0 Å². The first-order chi connectivity index (χ1) is 18.0. The second-order valence-corrected chi connectivity index (χ2v) is 16.3. The van der Waals surface area contributed by atoms with Crippen LogP contribution in [0.3, 0.4) is 0 Å². The zero-order valence-corrected chi connectivity index (χ0v) is 22.8. The lowest BCUT2D eigenvalue weighted by molar-refractivity contribution is 0.825. The molecule has 37 heavy (non-hydrogen) atoms. The maximum Gasteiger partial charge on any atom is 0.0769 e. The van der Waals surface area contributed by atoms with E-state index in [0.29, 0.717) is 11.1 Å². The Morgan fingerprint density at radius 3 is 1.35 bits per heavy atom. The summed E-state index contributed by atoms with van der Waals surface area (Å²) in [6.45, 7) is 5.30. The summed E-state index contributed by atoms with van der Waals surface area (Å²) < 4.78 is 5.01. The molecule has 0 saturated carbocycles. The third-order valence-corrected chi connectivity index (χ3v) is 13.6. The van der Waals surface area contributed by atoms with Crippen LogP contribution in [0.1, 0.15) is 33.6 Å². The van der Waals surface area contributed by atoms with E-state index in [2.05, 4.69) is 133 Å². The van der Waals surface area contributed by atoms with Crippen molar-refractivity contribution in [1.82, 2.24) is 9.13 Å². The minimum absolute atomic E-state index is 0.415. The second kappa shape index (κ2) is 7.14. The molecule has 0 fully saturated rings. The van der Waals surface area contributed by atoms with Gasteiger partial charge < -0.3 is 9.13 Å². The molecule has 0 spiro atoms. The fraction of sp³-hybridized carbons (Fsp3) is 0.176.